The van der Waals surface area contributed by atoms with Crippen LogP contribution in [-0.4, -0.2) is 34.9 Å². The van der Waals surface area contributed by atoms with Crippen LogP contribution in [0, 0.1) is 0 Å². The number of urea groups is 1. The highest BCUT2D eigenvalue weighted by molar-refractivity contribution is 6.07. The molecule has 0 atom stereocenters. The molecule has 0 radical (unpaired) electrons. The number of imide groups is 1. The zero-order valence-corrected chi connectivity index (χ0v) is 12.9. The predicted molar refractivity (Wildman–Crippen MR) is 82.3 cm³/mol. The molecule has 1 aliphatic carbocycles. The quantitative estimate of drug-likeness (QED) is 0.666. The van der Waals surface area contributed by atoms with Gasteiger partial charge in [-0.3, -0.25) is 14.5 Å². The van der Waals surface area contributed by atoms with Gasteiger partial charge in [0.15, 0.2) is 0 Å². The molecule has 3 rings (SSSR count). The van der Waals surface area contributed by atoms with Crippen molar-refractivity contribution < 1.29 is 19.1 Å². The Hall–Kier alpha value is -2.37. The molecular weight excluding hydrogens is 296 g/mol. The van der Waals surface area contributed by atoms with E-state index in [0.717, 1.165) is 23.3 Å². The summed E-state index contributed by atoms with van der Waals surface area (Å²) >= 11 is 0. The normalized spacial score (nSPS) is 19.2. The lowest BCUT2D eigenvalue weighted by Crippen LogP contribution is -2.44. The molecule has 1 saturated carbocycles. The second-order valence-corrected chi connectivity index (χ2v) is 6.07. The molecular formula is C17H20N2O4. The third kappa shape index (κ3) is 3.21. The molecule has 23 heavy (non-hydrogen) atoms. The minimum atomic E-state index is -0.717. The van der Waals surface area contributed by atoms with Crippen molar-refractivity contribution in [3.8, 4) is 0 Å². The molecule has 1 aliphatic heterocycles. The van der Waals surface area contributed by atoms with E-state index in [1.807, 2.05) is 30.3 Å². The van der Waals surface area contributed by atoms with Crippen molar-refractivity contribution in [1.82, 2.24) is 10.2 Å². The van der Waals surface area contributed by atoms with E-state index < -0.39 is 17.5 Å². The summed E-state index contributed by atoms with van der Waals surface area (Å²) in [5.74, 6) is -0.613. The molecule has 3 amide bonds. The van der Waals surface area contributed by atoms with Crippen molar-refractivity contribution in [2.24, 2.45) is 0 Å². The van der Waals surface area contributed by atoms with Gasteiger partial charge >= 0.3 is 12.0 Å². The number of carbonyl (C=O) groups is 3. The fourth-order valence-corrected chi connectivity index (χ4v) is 3.21. The fraction of sp³-hybridized carbons (Fsp3) is 0.471. The highest BCUT2D eigenvalue weighted by atomic mass is 16.5. The van der Waals surface area contributed by atoms with Crippen molar-refractivity contribution in [2.45, 2.75) is 44.2 Å². The average Bonchev–Trinajstić information content (AvgIpc) is 3.11. The standard InChI is InChI=1S/C17H20N2O4/c20-14(23-12-13-6-2-1-3-7-13)8-11-19-15(21)17(18-16(19)22)9-4-5-10-17/h1-3,6-7H,4-5,8-12H2,(H,18,22). The Morgan fingerprint density at radius 3 is 2.57 bits per heavy atom. The smallest absolute Gasteiger partial charge is 0.325 e. The minimum absolute atomic E-state index is 0.0159. The van der Waals surface area contributed by atoms with Gasteiger partial charge in [-0.25, -0.2) is 4.79 Å². The number of ether oxygens (including phenoxy) is 1. The lowest BCUT2D eigenvalue weighted by atomic mass is 9.98. The second kappa shape index (κ2) is 6.40. The van der Waals surface area contributed by atoms with Gasteiger partial charge in [-0.1, -0.05) is 43.2 Å². The zero-order chi connectivity index (χ0) is 16.3. The first-order valence-corrected chi connectivity index (χ1v) is 7.94. The topological polar surface area (TPSA) is 75.7 Å². The van der Waals surface area contributed by atoms with Crippen LogP contribution in [0.25, 0.3) is 0 Å². The van der Waals surface area contributed by atoms with Crippen LogP contribution in [0.3, 0.4) is 0 Å². The molecule has 2 aliphatic rings. The lowest BCUT2D eigenvalue weighted by Gasteiger charge is -2.19. The maximum absolute atomic E-state index is 12.4. The van der Waals surface area contributed by atoms with Crippen LogP contribution in [0.5, 0.6) is 0 Å². The maximum atomic E-state index is 12.4. The molecule has 122 valence electrons. The fourth-order valence-electron chi connectivity index (χ4n) is 3.21. The molecule has 1 N–H and O–H groups in total. The summed E-state index contributed by atoms with van der Waals surface area (Å²) in [4.78, 5) is 37.4. The van der Waals surface area contributed by atoms with E-state index in [-0.39, 0.29) is 25.5 Å². The number of carbonyl (C=O) groups excluding carboxylic acids is 3. The Balaban J connectivity index is 1.49. The van der Waals surface area contributed by atoms with Crippen LogP contribution in [-0.2, 0) is 20.9 Å². The molecule has 1 heterocycles. The molecule has 1 saturated heterocycles. The van der Waals surface area contributed by atoms with Gasteiger partial charge in [-0.15, -0.1) is 0 Å². The summed E-state index contributed by atoms with van der Waals surface area (Å²) in [5, 5.41) is 2.80. The highest BCUT2D eigenvalue weighted by Gasteiger charge is 2.52. The average molecular weight is 316 g/mol. The summed E-state index contributed by atoms with van der Waals surface area (Å²) in [7, 11) is 0. The van der Waals surface area contributed by atoms with Crippen molar-refractivity contribution >= 4 is 17.9 Å². The molecule has 2 fully saturated rings. The lowest BCUT2D eigenvalue weighted by molar-refractivity contribution is -0.145. The summed E-state index contributed by atoms with van der Waals surface area (Å²) < 4.78 is 5.17. The summed E-state index contributed by atoms with van der Waals surface area (Å²) in [6.45, 7) is 0.268. The van der Waals surface area contributed by atoms with Crippen LogP contribution < -0.4 is 5.32 Å². The number of hydrogen-bond acceptors (Lipinski definition) is 4. The summed E-state index contributed by atoms with van der Waals surface area (Å²) in [6.07, 6.45) is 3.28. The SMILES string of the molecule is O=C(CCN1C(=O)NC2(CCCC2)C1=O)OCc1ccccc1. The second-order valence-electron chi connectivity index (χ2n) is 6.07. The van der Waals surface area contributed by atoms with E-state index in [4.69, 9.17) is 4.74 Å². The summed E-state index contributed by atoms with van der Waals surface area (Å²) in [5.41, 5.74) is 0.186. The molecule has 0 aromatic heterocycles. The molecule has 6 heteroatoms. The van der Waals surface area contributed by atoms with Gasteiger partial charge in [-0.05, 0) is 18.4 Å². The maximum Gasteiger partial charge on any atom is 0.325 e. The van der Waals surface area contributed by atoms with Crippen LogP contribution >= 0.6 is 0 Å². The molecule has 0 bridgehead atoms. The molecule has 1 aromatic rings. The van der Waals surface area contributed by atoms with Crippen molar-refractivity contribution in [1.29, 1.82) is 0 Å². The molecule has 1 spiro atoms. The van der Waals surface area contributed by atoms with Crippen molar-refractivity contribution in [3.05, 3.63) is 35.9 Å². The Kier molecular flexibility index (Phi) is 4.32. The summed E-state index contributed by atoms with van der Waals surface area (Å²) in [6, 6.07) is 8.98. The van der Waals surface area contributed by atoms with Crippen LogP contribution in [0.4, 0.5) is 4.79 Å². The first kappa shape index (κ1) is 15.5. The Labute approximate surface area is 134 Å². The highest BCUT2D eigenvalue weighted by Crippen LogP contribution is 2.35. The number of nitrogens with one attached hydrogen (secondary N) is 1. The van der Waals surface area contributed by atoms with Crippen molar-refractivity contribution in [2.75, 3.05) is 6.54 Å². The Bertz CT molecular complexity index is 608. The zero-order valence-electron chi connectivity index (χ0n) is 12.9. The number of nitrogens with zero attached hydrogens (tertiary/aromatic N) is 1. The van der Waals surface area contributed by atoms with Gasteiger partial charge in [0.2, 0.25) is 0 Å². The molecule has 0 unspecified atom stereocenters. The Morgan fingerprint density at radius 1 is 1.17 bits per heavy atom. The molecule has 6 nitrogen and oxygen atoms in total. The van der Waals surface area contributed by atoms with Gasteiger partial charge in [-0.2, -0.15) is 0 Å². The predicted octanol–water partition coefficient (Wildman–Crippen LogP) is 1.98. The number of amides is 3. The first-order valence-electron chi connectivity index (χ1n) is 7.94. The van der Waals surface area contributed by atoms with Crippen LogP contribution in [0.15, 0.2) is 30.3 Å². The van der Waals surface area contributed by atoms with Crippen LogP contribution in [0.2, 0.25) is 0 Å². The van der Waals surface area contributed by atoms with Gasteiger partial charge < -0.3 is 10.1 Å². The van der Waals surface area contributed by atoms with E-state index in [9.17, 15) is 14.4 Å². The van der Waals surface area contributed by atoms with Gasteiger partial charge in [0.1, 0.15) is 12.1 Å². The van der Waals surface area contributed by atoms with Gasteiger partial charge in [0, 0.05) is 6.54 Å². The van der Waals surface area contributed by atoms with E-state index in [2.05, 4.69) is 5.32 Å². The van der Waals surface area contributed by atoms with E-state index in [1.165, 1.54) is 0 Å². The number of esters is 1. The van der Waals surface area contributed by atoms with E-state index in [0.29, 0.717) is 12.8 Å². The van der Waals surface area contributed by atoms with Gasteiger partial charge in [0.25, 0.3) is 5.91 Å². The van der Waals surface area contributed by atoms with E-state index >= 15 is 0 Å². The number of rotatable bonds is 5. The Morgan fingerprint density at radius 2 is 1.87 bits per heavy atom. The third-order valence-electron chi connectivity index (χ3n) is 4.49. The number of hydrogen-bond donors (Lipinski definition) is 1. The van der Waals surface area contributed by atoms with Crippen LogP contribution in [0.1, 0.15) is 37.7 Å². The van der Waals surface area contributed by atoms with E-state index in [1.54, 1.807) is 0 Å². The third-order valence-corrected chi connectivity index (χ3v) is 4.49. The monoisotopic (exact) mass is 316 g/mol. The van der Waals surface area contributed by atoms with Gasteiger partial charge in [0.05, 0.1) is 6.42 Å². The van der Waals surface area contributed by atoms with Crippen molar-refractivity contribution in [3.63, 3.8) is 0 Å². The molecule has 1 aromatic carbocycles. The first-order chi connectivity index (χ1) is 11.1. The number of benzene rings is 1. The largest absolute Gasteiger partial charge is 0.461 e. The minimum Gasteiger partial charge on any atom is -0.461 e.